The second-order valence-electron chi connectivity index (χ2n) is 4.18. The average Bonchev–Trinajstić information content (AvgIpc) is 2.98. The molecular weight excluding hydrogens is 256 g/mol. The zero-order chi connectivity index (χ0) is 13.9. The molecule has 98 valence electrons. The molecular formula is C14H10N4O2. The summed E-state index contributed by atoms with van der Waals surface area (Å²) in [5.74, 6) is 0. The van der Waals surface area contributed by atoms with Crippen LogP contribution in [0.1, 0.15) is 0 Å². The summed E-state index contributed by atoms with van der Waals surface area (Å²) in [4.78, 5) is 14.2. The number of benzene rings is 1. The fraction of sp³-hybridized carbons (Fsp3) is 0. The molecule has 0 N–H and O–H groups in total. The molecule has 3 rings (SSSR count). The van der Waals surface area contributed by atoms with Gasteiger partial charge in [-0.05, 0) is 29.8 Å². The Morgan fingerprint density at radius 2 is 1.70 bits per heavy atom. The number of nitro groups is 1. The first kappa shape index (κ1) is 12.0. The number of nitro benzene ring substituents is 1. The predicted octanol–water partition coefficient (Wildman–Crippen LogP) is 2.84. The van der Waals surface area contributed by atoms with Crippen molar-refractivity contribution < 1.29 is 4.92 Å². The molecule has 0 saturated heterocycles. The Kier molecular flexibility index (Phi) is 2.96. The molecule has 3 aromatic rings. The summed E-state index contributed by atoms with van der Waals surface area (Å²) in [6.07, 6.45) is 7.06. The van der Waals surface area contributed by atoms with E-state index in [2.05, 4.69) is 10.1 Å². The average molecular weight is 266 g/mol. The van der Waals surface area contributed by atoms with Gasteiger partial charge in [-0.25, -0.2) is 4.68 Å². The van der Waals surface area contributed by atoms with Crippen molar-refractivity contribution in [3.05, 3.63) is 71.3 Å². The minimum Gasteiger partial charge on any atom is -0.265 e. The Morgan fingerprint density at radius 1 is 1.00 bits per heavy atom. The summed E-state index contributed by atoms with van der Waals surface area (Å²) < 4.78 is 1.68. The minimum atomic E-state index is -0.421. The zero-order valence-electron chi connectivity index (χ0n) is 10.4. The van der Waals surface area contributed by atoms with E-state index in [-0.39, 0.29) is 5.69 Å². The first-order valence-corrected chi connectivity index (χ1v) is 5.94. The van der Waals surface area contributed by atoms with E-state index in [4.69, 9.17) is 0 Å². The molecule has 0 spiro atoms. The molecule has 0 unspecified atom stereocenters. The molecule has 0 aliphatic rings. The van der Waals surface area contributed by atoms with Crippen LogP contribution in [0.4, 0.5) is 5.69 Å². The summed E-state index contributed by atoms with van der Waals surface area (Å²) >= 11 is 0. The predicted molar refractivity (Wildman–Crippen MR) is 73.4 cm³/mol. The lowest BCUT2D eigenvalue weighted by Gasteiger charge is -2.00. The maximum Gasteiger partial charge on any atom is 0.269 e. The molecule has 6 heteroatoms. The molecule has 0 bridgehead atoms. The number of rotatable bonds is 3. The molecule has 20 heavy (non-hydrogen) atoms. The molecule has 0 radical (unpaired) electrons. The van der Waals surface area contributed by atoms with Gasteiger partial charge in [0.2, 0.25) is 0 Å². The van der Waals surface area contributed by atoms with Gasteiger partial charge in [-0.2, -0.15) is 5.10 Å². The third kappa shape index (κ3) is 2.26. The topological polar surface area (TPSA) is 73.8 Å². The second kappa shape index (κ2) is 4.93. The van der Waals surface area contributed by atoms with Crippen molar-refractivity contribution in [3.8, 4) is 16.8 Å². The Labute approximate surface area is 114 Å². The van der Waals surface area contributed by atoms with E-state index in [0.717, 1.165) is 16.8 Å². The van der Waals surface area contributed by atoms with Gasteiger partial charge in [0.05, 0.1) is 16.8 Å². The normalized spacial score (nSPS) is 10.4. The lowest BCUT2D eigenvalue weighted by molar-refractivity contribution is -0.384. The van der Waals surface area contributed by atoms with Gasteiger partial charge in [-0.3, -0.25) is 15.1 Å². The number of aromatic nitrogens is 3. The van der Waals surface area contributed by atoms with E-state index in [1.165, 1.54) is 12.1 Å². The number of hydrogen-bond donors (Lipinski definition) is 0. The third-order valence-electron chi connectivity index (χ3n) is 2.92. The summed E-state index contributed by atoms with van der Waals surface area (Å²) in [6.45, 7) is 0. The third-order valence-corrected chi connectivity index (χ3v) is 2.92. The van der Waals surface area contributed by atoms with E-state index >= 15 is 0 Å². The summed E-state index contributed by atoms with van der Waals surface area (Å²) in [5.41, 5.74) is 2.82. The Balaban J connectivity index is 1.92. The van der Waals surface area contributed by atoms with Crippen LogP contribution in [0.2, 0.25) is 0 Å². The van der Waals surface area contributed by atoms with E-state index < -0.39 is 4.92 Å². The van der Waals surface area contributed by atoms with Crippen molar-refractivity contribution >= 4 is 5.69 Å². The number of pyridine rings is 1. The first-order chi connectivity index (χ1) is 9.74. The van der Waals surface area contributed by atoms with Gasteiger partial charge < -0.3 is 0 Å². The number of nitrogens with zero attached hydrogens (tertiary/aromatic N) is 4. The van der Waals surface area contributed by atoms with Crippen molar-refractivity contribution in [2.45, 2.75) is 0 Å². The molecule has 2 heterocycles. The maximum absolute atomic E-state index is 10.6. The lowest BCUT2D eigenvalue weighted by Crippen LogP contribution is -1.94. The van der Waals surface area contributed by atoms with Crippen LogP contribution < -0.4 is 0 Å². The molecule has 0 aliphatic heterocycles. The van der Waals surface area contributed by atoms with Crippen LogP contribution in [0.25, 0.3) is 16.8 Å². The minimum absolute atomic E-state index is 0.0651. The molecule has 0 saturated carbocycles. The standard InChI is InChI=1S/C14H10N4O2/c19-18(20)14-3-1-13(2-4-14)17-10-12(9-16-17)11-5-7-15-8-6-11/h1-10H. The summed E-state index contributed by atoms with van der Waals surface area (Å²) in [5, 5.41) is 14.9. The van der Waals surface area contributed by atoms with E-state index in [9.17, 15) is 10.1 Å². The van der Waals surface area contributed by atoms with Crippen LogP contribution in [0.5, 0.6) is 0 Å². The summed E-state index contributed by atoms with van der Waals surface area (Å²) in [7, 11) is 0. The SMILES string of the molecule is O=[N+]([O-])c1ccc(-n2cc(-c3ccncc3)cn2)cc1. The van der Waals surface area contributed by atoms with Crippen LogP contribution in [0.15, 0.2) is 61.2 Å². The van der Waals surface area contributed by atoms with Gasteiger partial charge in [0.1, 0.15) is 0 Å². The Hall–Kier alpha value is -3.02. The molecule has 2 aromatic heterocycles. The fourth-order valence-corrected chi connectivity index (χ4v) is 1.88. The quantitative estimate of drug-likeness (QED) is 0.539. The van der Waals surface area contributed by atoms with Gasteiger partial charge in [-0.1, -0.05) is 0 Å². The van der Waals surface area contributed by atoms with E-state index in [0.29, 0.717) is 0 Å². The van der Waals surface area contributed by atoms with E-state index in [1.54, 1.807) is 35.4 Å². The highest BCUT2D eigenvalue weighted by molar-refractivity contribution is 5.61. The molecule has 0 aliphatic carbocycles. The molecule has 6 nitrogen and oxygen atoms in total. The van der Waals surface area contributed by atoms with Crippen LogP contribution in [-0.4, -0.2) is 19.7 Å². The van der Waals surface area contributed by atoms with Crippen LogP contribution in [0, 0.1) is 10.1 Å². The zero-order valence-corrected chi connectivity index (χ0v) is 10.4. The van der Waals surface area contributed by atoms with Gasteiger partial charge in [0.15, 0.2) is 0 Å². The van der Waals surface area contributed by atoms with Crippen molar-refractivity contribution in [2.24, 2.45) is 0 Å². The van der Waals surface area contributed by atoms with Crippen LogP contribution in [0.3, 0.4) is 0 Å². The van der Waals surface area contributed by atoms with Crippen molar-refractivity contribution in [2.75, 3.05) is 0 Å². The van der Waals surface area contributed by atoms with E-state index in [1.807, 2.05) is 18.3 Å². The monoisotopic (exact) mass is 266 g/mol. The first-order valence-electron chi connectivity index (χ1n) is 5.94. The fourth-order valence-electron chi connectivity index (χ4n) is 1.88. The van der Waals surface area contributed by atoms with Gasteiger partial charge in [-0.15, -0.1) is 0 Å². The van der Waals surface area contributed by atoms with Crippen LogP contribution in [-0.2, 0) is 0 Å². The maximum atomic E-state index is 10.6. The molecule has 1 aromatic carbocycles. The highest BCUT2D eigenvalue weighted by Crippen LogP contribution is 2.20. The van der Waals surface area contributed by atoms with Crippen LogP contribution >= 0.6 is 0 Å². The second-order valence-corrected chi connectivity index (χ2v) is 4.18. The molecule has 0 amide bonds. The Morgan fingerprint density at radius 3 is 2.35 bits per heavy atom. The number of hydrogen-bond acceptors (Lipinski definition) is 4. The smallest absolute Gasteiger partial charge is 0.265 e. The Bertz CT molecular complexity index is 735. The van der Waals surface area contributed by atoms with Crippen molar-refractivity contribution in [1.29, 1.82) is 0 Å². The molecule has 0 atom stereocenters. The van der Waals surface area contributed by atoms with Crippen molar-refractivity contribution in [1.82, 2.24) is 14.8 Å². The van der Waals surface area contributed by atoms with Crippen molar-refractivity contribution in [3.63, 3.8) is 0 Å². The van der Waals surface area contributed by atoms with Gasteiger partial charge >= 0.3 is 0 Å². The van der Waals surface area contributed by atoms with Gasteiger partial charge in [0, 0.05) is 36.3 Å². The summed E-state index contributed by atoms with van der Waals surface area (Å²) in [6, 6.07) is 10.1. The molecule has 0 fully saturated rings. The lowest BCUT2D eigenvalue weighted by atomic mass is 10.1. The number of non-ortho nitro benzene ring substituents is 1. The van der Waals surface area contributed by atoms with Gasteiger partial charge in [0.25, 0.3) is 5.69 Å². The largest absolute Gasteiger partial charge is 0.269 e. The highest BCUT2D eigenvalue weighted by atomic mass is 16.6. The highest BCUT2D eigenvalue weighted by Gasteiger charge is 2.06.